The third kappa shape index (κ3) is 4.65. The third-order valence-electron chi connectivity index (χ3n) is 3.25. The lowest BCUT2D eigenvalue weighted by atomic mass is 9.97. The van der Waals surface area contributed by atoms with Crippen LogP contribution in [0.15, 0.2) is 54.6 Å². The highest BCUT2D eigenvalue weighted by Gasteiger charge is 2.21. The van der Waals surface area contributed by atoms with Crippen molar-refractivity contribution in [2.45, 2.75) is 32.7 Å². The van der Waals surface area contributed by atoms with E-state index in [0.717, 1.165) is 16.7 Å². The zero-order valence-corrected chi connectivity index (χ0v) is 12.3. The van der Waals surface area contributed by atoms with Gasteiger partial charge in [0, 0.05) is 0 Å². The number of benzene rings is 2. The second-order valence-electron chi connectivity index (χ2n) is 5.31. The SMILES string of the molecule is CC(C)(OO)c1ccc(COOCc2ccccc2)cc1. The lowest BCUT2D eigenvalue weighted by Gasteiger charge is -2.20. The normalized spacial score (nSPS) is 11.6. The number of rotatable bonds is 7. The molecule has 0 aliphatic rings. The molecule has 0 spiro atoms. The van der Waals surface area contributed by atoms with E-state index in [1.165, 1.54) is 0 Å². The summed E-state index contributed by atoms with van der Waals surface area (Å²) in [5, 5.41) is 8.85. The van der Waals surface area contributed by atoms with Gasteiger partial charge in [-0.2, -0.15) is 0 Å². The molecule has 1 N–H and O–H groups in total. The van der Waals surface area contributed by atoms with Crippen LogP contribution in [0.1, 0.15) is 30.5 Å². The zero-order valence-electron chi connectivity index (χ0n) is 12.3. The van der Waals surface area contributed by atoms with Crippen molar-refractivity contribution >= 4 is 0 Å². The van der Waals surface area contributed by atoms with Crippen LogP contribution in [0.2, 0.25) is 0 Å². The predicted octanol–water partition coefficient (Wildman–Crippen LogP) is 4.06. The first-order valence-electron chi connectivity index (χ1n) is 6.82. The highest BCUT2D eigenvalue weighted by molar-refractivity contribution is 5.26. The maximum Gasteiger partial charge on any atom is 0.123 e. The topological polar surface area (TPSA) is 47.9 Å². The summed E-state index contributed by atoms with van der Waals surface area (Å²) in [6.07, 6.45) is 0. The minimum atomic E-state index is -0.719. The second kappa shape index (κ2) is 7.33. The maximum atomic E-state index is 8.85. The molecule has 0 radical (unpaired) electrons. The first-order chi connectivity index (χ1) is 10.1. The predicted molar refractivity (Wildman–Crippen MR) is 79.2 cm³/mol. The zero-order chi connectivity index (χ0) is 15.1. The Hall–Kier alpha value is -1.72. The highest BCUT2D eigenvalue weighted by Crippen LogP contribution is 2.23. The molecule has 0 atom stereocenters. The van der Waals surface area contributed by atoms with E-state index in [4.69, 9.17) is 15.0 Å². The van der Waals surface area contributed by atoms with E-state index in [9.17, 15) is 0 Å². The molecule has 112 valence electrons. The van der Waals surface area contributed by atoms with Crippen LogP contribution in [-0.4, -0.2) is 5.26 Å². The Morgan fingerprint density at radius 3 is 1.86 bits per heavy atom. The van der Waals surface area contributed by atoms with E-state index >= 15 is 0 Å². The van der Waals surface area contributed by atoms with Gasteiger partial charge in [0.15, 0.2) is 0 Å². The Morgan fingerprint density at radius 2 is 1.33 bits per heavy atom. The summed E-state index contributed by atoms with van der Waals surface area (Å²) in [5.41, 5.74) is 2.22. The molecule has 2 aromatic rings. The van der Waals surface area contributed by atoms with E-state index in [-0.39, 0.29) is 0 Å². The fourth-order valence-electron chi connectivity index (χ4n) is 1.85. The molecule has 4 heteroatoms. The van der Waals surface area contributed by atoms with E-state index in [0.29, 0.717) is 13.2 Å². The van der Waals surface area contributed by atoms with Crippen molar-refractivity contribution in [1.29, 1.82) is 0 Å². The van der Waals surface area contributed by atoms with Crippen LogP contribution in [0.5, 0.6) is 0 Å². The second-order valence-corrected chi connectivity index (χ2v) is 5.31. The van der Waals surface area contributed by atoms with Crippen molar-refractivity contribution in [1.82, 2.24) is 0 Å². The monoisotopic (exact) mass is 288 g/mol. The summed E-state index contributed by atoms with van der Waals surface area (Å²) in [4.78, 5) is 14.8. The first kappa shape index (κ1) is 15.7. The minimum Gasteiger partial charge on any atom is -0.251 e. The van der Waals surface area contributed by atoms with Gasteiger partial charge >= 0.3 is 0 Å². The van der Waals surface area contributed by atoms with E-state index in [1.54, 1.807) is 13.8 Å². The Morgan fingerprint density at radius 1 is 0.810 bits per heavy atom. The van der Waals surface area contributed by atoms with Gasteiger partial charge in [0.05, 0.1) is 0 Å². The third-order valence-corrected chi connectivity index (χ3v) is 3.25. The van der Waals surface area contributed by atoms with Crippen LogP contribution in [-0.2, 0) is 33.5 Å². The van der Waals surface area contributed by atoms with Crippen molar-refractivity contribution in [2.24, 2.45) is 0 Å². The molecule has 0 bridgehead atoms. The van der Waals surface area contributed by atoms with Gasteiger partial charge in [0.25, 0.3) is 0 Å². The molecule has 0 saturated carbocycles. The van der Waals surface area contributed by atoms with Gasteiger partial charge in [-0.3, -0.25) is 5.26 Å². The molecule has 0 amide bonds. The van der Waals surface area contributed by atoms with Crippen LogP contribution in [0.25, 0.3) is 0 Å². The van der Waals surface area contributed by atoms with Crippen LogP contribution < -0.4 is 0 Å². The van der Waals surface area contributed by atoms with Crippen molar-refractivity contribution in [3.8, 4) is 0 Å². The fraction of sp³-hybridized carbons (Fsp3) is 0.294. The first-order valence-corrected chi connectivity index (χ1v) is 6.82. The average Bonchev–Trinajstić information content (AvgIpc) is 2.53. The molecule has 0 aliphatic carbocycles. The molecule has 2 rings (SSSR count). The summed E-state index contributed by atoms with van der Waals surface area (Å²) in [5.74, 6) is 0. The molecule has 0 unspecified atom stereocenters. The molecule has 0 fully saturated rings. The lowest BCUT2D eigenvalue weighted by molar-refractivity contribution is -0.318. The highest BCUT2D eigenvalue weighted by atomic mass is 17.2. The van der Waals surface area contributed by atoms with Crippen LogP contribution in [0.3, 0.4) is 0 Å². The van der Waals surface area contributed by atoms with Gasteiger partial charge in [0.2, 0.25) is 0 Å². The Kier molecular flexibility index (Phi) is 5.47. The number of hydrogen-bond donors (Lipinski definition) is 1. The summed E-state index contributed by atoms with van der Waals surface area (Å²) in [6.45, 7) is 4.38. The molecule has 0 saturated heterocycles. The van der Waals surface area contributed by atoms with Crippen LogP contribution in [0.4, 0.5) is 0 Å². The molecule has 0 heterocycles. The van der Waals surface area contributed by atoms with Crippen molar-refractivity contribution in [2.75, 3.05) is 0 Å². The summed E-state index contributed by atoms with van der Waals surface area (Å²) in [6, 6.07) is 17.5. The van der Waals surface area contributed by atoms with Crippen molar-refractivity contribution < 1.29 is 19.9 Å². The van der Waals surface area contributed by atoms with Crippen LogP contribution >= 0.6 is 0 Å². The van der Waals surface area contributed by atoms with E-state index < -0.39 is 5.60 Å². The molecule has 0 aliphatic heterocycles. The lowest BCUT2D eigenvalue weighted by Crippen LogP contribution is -2.19. The van der Waals surface area contributed by atoms with E-state index in [1.807, 2.05) is 54.6 Å². The largest absolute Gasteiger partial charge is 0.251 e. The molecule has 2 aromatic carbocycles. The van der Waals surface area contributed by atoms with Gasteiger partial charge in [-0.05, 0) is 30.5 Å². The van der Waals surface area contributed by atoms with Crippen LogP contribution in [0, 0.1) is 0 Å². The summed E-state index contributed by atoms with van der Waals surface area (Å²) < 4.78 is 0. The molecular weight excluding hydrogens is 268 g/mol. The van der Waals surface area contributed by atoms with Gasteiger partial charge < -0.3 is 0 Å². The molecule has 21 heavy (non-hydrogen) atoms. The standard InChI is InChI=1S/C17H20O4/c1-17(2,21-18)16-10-8-15(9-11-16)13-20-19-12-14-6-4-3-5-7-14/h3-11,18H,12-13H2,1-2H3. The van der Waals surface area contributed by atoms with Crippen molar-refractivity contribution in [3.63, 3.8) is 0 Å². The quantitative estimate of drug-likeness (QED) is 0.474. The Balaban J connectivity index is 1.79. The molecule has 4 nitrogen and oxygen atoms in total. The average molecular weight is 288 g/mol. The van der Waals surface area contributed by atoms with Gasteiger partial charge in [0.1, 0.15) is 18.8 Å². The molecular formula is C17H20O4. The smallest absolute Gasteiger partial charge is 0.123 e. The molecule has 0 aromatic heterocycles. The minimum absolute atomic E-state index is 0.369. The summed E-state index contributed by atoms with van der Waals surface area (Å²) in [7, 11) is 0. The van der Waals surface area contributed by atoms with Gasteiger partial charge in [-0.15, -0.1) is 0 Å². The van der Waals surface area contributed by atoms with Gasteiger partial charge in [-0.25, -0.2) is 14.7 Å². The number of hydrogen-bond acceptors (Lipinski definition) is 4. The Labute approximate surface area is 124 Å². The van der Waals surface area contributed by atoms with Crippen molar-refractivity contribution in [3.05, 3.63) is 71.3 Å². The fourth-order valence-corrected chi connectivity index (χ4v) is 1.85. The summed E-state index contributed by atoms with van der Waals surface area (Å²) >= 11 is 0. The van der Waals surface area contributed by atoms with Gasteiger partial charge in [-0.1, -0.05) is 54.6 Å². The van der Waals surface area contributed by atoms with E-state index in [2.05, 4.69) is 4.89 Å². The Bertz CT molecular complexity index is 534. The maximum absolute atomic E-state index is 8.85.